The molecule has 4 rings (SSSR count). The Hall–Kier alpha value is -3.73. The van der Waals surface area contributed by atoms with Crippen LogP contribution in [-0.4, -0.2) is 20.9 Å². The maximum atomic E-state index is 13.1. The zero-order chi connectivity index (χ0) is 21.5. The summed E-state index contributed by atoms with van der Waals surface area (Å²) in [6.45, 7) is 0. The van der Waals surface area contributed by atoms with E-state index in [1.807, 2.05) is 0 Å². The fraction of sp³-hybridized carbons (Fsp3) is 0.0526. The monoisotopic (exact) mass is 430 g/mol. The molecular weight excluding hydrogens is 417 g/mol. The van der Waals surface area contributed by atoms with Crippen LogP contribution in [0.25, 0.3) is 21.3 Å². The van der Waals surface area contributed by atoms with Crippen molar-refractivity contribution in [2.75, 3.05) is 16.8 Å². The summed E-state index contributed by atoms with van der Waals surface area (Å²) in [6, 6.07) is 10.6. The number of benzene rings is 1. The lowest BCUT2D eigenvalue weighted by Crippen LogP contribution is -2.13. The van der Waals surface area contributed by atoms with Crippen LogP contribution in [0.2, 0.25) is 0 Å². The number of fused-ring (bicyclic) bond motifs is 1. The summed E-state index contributed by atoms with van der Waals surface area (Å²) in [5.41, 5.74) is 11.5. The summed E-state index contributed by atoms with van der Waals surface area (Å²) in [7, 11) is 0. The zero-order valence-electron chi connectivity index (χ0n) is 15.1. The quantitative estimate of drug-likeness (QED) is 0.448. The predicted molar refractivity (Wildman–Crippen MR) is 109 cm³/mol. The first-order valence-electron chi connectivity index (χ1n) is 8.48. The van der Waals surface area contributed by atoms with Crippen LogP contribution in [0.15, 0.2) is 48.7 Å². The number of pyridine rings is 2. The molecule has 0 bridgehead atoms. The maximum absolute atomic E-state index is 13.1. The van der Waals surface area contributed by atoms with Gasteiger partial charge in [0.05, 0.1) is 15.8 Å². The van der Waals surface area contributed by atoms with Crippen LogP contribution in [0, 0.1) is 0 Å². The zero-order valence-corrected chi connectivity index (χ0v) is 15.9. The number of nitrogens with one attached hydrogen (secondary N) is 1. The first kappa shape index (κ1) is 19.6. The van der Waals surface area contributed by atoms with Crippen molar-refractivity contribution in [2.45, 2.75) is 6.18 Å². The van der Waals surface area contributed by atoms with Crippen molar-refractivity contribution in [3.63, 3.8) is 0 Å². The highest BCUT2D eigenvalue weighted by Gasteiger charge is 2.34. The Labute approximate surface area is 171 Å². The maximum Gasteiger partial charge on any atom is 0.419 e. The highest BCUT2D eigenvalue weighted by Crippen LogP contribution is 2.36. The Morgan fingerprint density at radius 2 is 1.83 bits per heavy atom. The molecule has 5 N–H and O–H groups in total. The third-order valence-corrected chi connectivity index (χ3v) is 5.10. The molecule has 0 radical (unpaired) electrons. The molecule has 0 aliphatic carbocycles. The number of aromatic nitrogens is 3. The first-order chi connectivity index (χ1) is 14.2. The Morgan fingerprint density at radius 1 is 1.03 bits per heavy atom. The molecule has 11 heteroatoms. The number of amides is 1. The van der Waals surface area contributed by atoms with Crippen LogP contribution in [0.5, 0.6) is 0 Å². The highest BCUT2D eigenvalue weighted by atomic mass is 32.1. The van der Waals surface area contributed by atoms with Crippen LogP contribution < -0.4 is 16.8 Å². The van der Waals surface area contributed by atoms with Gasteiger partial charge in [0.25, 0.3) is 5.91 Å². The van der Waals surface area contributed by atoms with E-state index in [0.717, 1.165) is 6.07 Å². The van der Waals surface area contributed by atoms with E-state index >= 15 is 0 Å². The number of hydrogen-bond acceptors (Lipinski definition) is 7. The molecule has 0 atom stereocenters. The fourth-order valence-electron chi connectivity index (χ4n) is 2.76. The lowest BCUT2D eigenvalue weighted by Gasteiger charge is -2.11. The normalized spacial score (nSPS) is 11.6. The second-order valence-corrected chi connectivity index (χ2v) is 7.29. The lowest BCUT2D eigenvalue weighted by molar-refractivity contribution is -0.137. The van der Waals surface area contributed by atoms with Gasteiger partial charge in [0.2, 0.25) is 0 Å². The largest absolute Gasteiger partial charge is 0.419 e. The molecule has 30 heavy (non-hydrogen) atoms. The van der Waals surface area contributed by atoms with Crippen molar-refractivity contribution >= 4 is 44.2 Å². The topological polar surface area (TPSA) is 120 Å². The van der Waals surface area contributed by atoms with Crippen LogP contribution in [0.3, 0.4) is 0 Å². The SMILES string of the molecule is Nc1cccc(C(=O)Nc2nc3ccc(-c4cnc(N)c(C(F)(F)F)c4)cc3s2)n1. The summed E-state index contributed by atoms with van der Waals surface area (Å²) in [6.07, 6.45) is -3.32. The van der Waals surface area contributed by atoms with Crippen LogP contribution in [0.1, 0.15) is 16.1 Å². The first-order valence-corrected chi connectivity index (χ1v) is 9.30. The van der Waals surface area contributed by atoms with E-state index in [2.05, 4.69) is 20.3 Å². The molecule has 0 spiro atoms. The molecule has 3 aromatic heterocycles. The fourth-order valence-corrected chi connectivity index (χ4v) is 3.66. The van der Waals surface area contributed by atoms with Crippen molar-refractivity contribution in [1.29, 1.82) is 0 Å². The summed E-state index contributed by atoms with van der Waals surface area (Å²) >= 11 is 1.18. The summed E-state index contributed by atoms with van der Waals surface area (Å²) < 4.78 is 40.0. The van der Waals surface area contributed by atoms with Gasteiger partial charge in [0.1, 0.15) is 17.3 Å². The number of nitrogen functional groups attached to an aromatic ring is 2. The van der Waals surface area contributed by atoms with E-state index in [0.29, 0.717) is 20.9 Å². The molecule has 3 heterocycles. The lowest BCUT2D eigenvalue weighted by atomic mass is 10.1. The van der Waals surface area contributed by atoms with Crippen LogP contribution in [-0.2, 0) is 6.18 Å². The molecule has 0 aliphatic heterocycles. The molecule has 4 aromatic rings. The highest BCUT2D eigenvalue weighted by molar-refractivity contribution is 7.22. The average Bonchev–Trinajstić information content (AvgIpc) is 3.08. The van der Waals surface area contributed by atoms with E-state index in [1.165, 1.54) is 23.6 Å². The van der Waals surface area contributed by atoms with E-state index in [9.17, 15) is 18.0 Å². The van der Waals surface area contributed by atoms with Crippen molar-refractivity contribution in [2.24, 2.45) is 0 Å². The molecule has 152 valence electrons. The Kier molecular flexibility index (Phi) is 4.74. The number of nitrogens with zero attached hydrogens (tertiary/aromatic N) is 3. The molecule has 0 aliphatic rings. The molecule has 1 amide bonds. The van der Waals surface area contributed by atoms with Crippen LogP contribution in [0.4, 0.5) is 29.9 Å². The number of hydrogen-bond donors (Lipinski definition) is 3. The minimum Gasteiger partial charge on any atom is -0.384 e. The summed E-state index contributed by atoms with van der Waals surface area (Å²) in [5.74, 6) is -0.837. The van der Waals surface area contributed by atoms with Gasteiger partial charge in [0.15, 0.2) is 5.13 Å². The minimum absolute atomic E-state index is 0.141. The smallest absolute Gasteiger partial charge is 0.384 e. The van der Waals surface area contributed by atoms with E-state index < -0.39 is 23.5 Å². The number of halogens is 3. The third-order valence-electron chi connectivity index (χ3n) is 4.17. The third kappa shape index (κ3) is 3.87. The number of rotatable bonds is 3. The van der Waals surface area contributed by atoms with E-state index in [1.54, 1.807) is 30.3 Å². The molecule has 0 saturated heterocycles. The summed E-state index contributed by atoms with van der Waals surface area (Å²) in [5, 5.41) is 2.97. The Morgan fingerprint density at radius 3 is 2.57 bits per heavy atom. The summed E-state index contributed by atoms with van der Waals surface area (Å²) in [4.78, 5) is 24.2. The van der Waals surface area contributed by atoms with Crippen LogP contribution >= 0.6 is 11.3 Å². The number of carbonyl (C=O) groups excluding carboxylic acids is 1. The minimum atomic E-state index is -4.60. The number of anilines is 3. The van der Waals surface area contributed by atoms with Gasteiger partial charge in [-0.1, -0.05) is 23.5 Å². The molecule has 0 fully saturated rings. The van der Waals surface area contributed by atoms with Crippen molar-refractivity contribution in [1.82, 2.24) is 15.0 Å². The van der Waals surface area contributed by atoms with E-state index in [-0.39, 0.29) is 17.1 Å². The predicted octanol–water partition coefficient (Wildman–Crippen LogP) is 4.19. The number of nitrogens with two attached hydrogens (primary N) is 2. The van der Waals surface area contributed by atoms with Gasteiger partial charge in [-0.15, -0.1) is 0 Å². The van der Waals surface area contributed by atoms with Gasteiger partial charge >= 0.3 is 6.18 Å². The standard InChI is InChI=1S/C19H13F3N6OS/c20-19(21,22)11-6-10(8-25-16(11)24)9-4-5-12-14(7-9)30-18(27-12)28-17(29)13-2-1-3-15(23)26-13/h1-8H,(H2,23,26)(H2,24,25)(H,27,28,29). The van der Waals surface area contributed by atoms with Gasteiger partial charge in [-0.25, -0.2) is 15.0 Å². The van der Waals surface area contributed by atoms with Gasteiger partial charge in [-0.3, -0.25) is 10.1 Å². The van der Waals surface area contributed by atoms with Gasteiger partial charge in [-0.2, -0.15) is 13.2 Å². The molecule has 0 unspecified atom stereocenters. The van der Waals surface area contributed by atoms with E-state index in [4.69, 9.17) is 11.5 Å². The molecule has 7 nitrogen and oxygen atoms in total. The average molecular weight is 430 g/mol. The Balaban J connectivity index is 1.64. The van der Waals surface area contributed by atoms with Crippen molar-refractivity contribution in [3.8, 4) is 11.1 Å². The molecular formula is C19H13F3N6OS. The molecule has 0 saturated carbocycles. The molecule has 1 aromatic carbocycles. The Bertz CT molecular complexity index is 1270. The van der Waals surface area contributed by atoms with Gasteiger partial charge < -0.3 is 11.5 Å². The second-order valence-electron chi connectivity index (χ2n) is 6.26. The number of alkyl halides is 3. The second kappa shape index (κ2) is 7.26. The van der Waals surface area contributed by atoms with Crippen molar-refractivity contribution < 1.29 is 18.0 Å². The number of thiazole rings is 1. The number of carbonyl (C=O) groups is 1. The van der Waals surface area contributed by atoms with Gasteiger partial charge in [-0.05, 0) is 35.9 Å². The van der Waals surface area contributed by atoms with Crippen molar-refractivity contribution in [3.05, 3.63) is 59.9 Å². The van der Waals surface area contributed by atoms with Gasteiger partial charge in [0, 0.05) is 11.8 Å².